The van der Waals surface area contributed by atoms with E-state index in [0.717, 1.165) is 18.6 Å². The van der Waals surface area contributed by atoms with Crippen LogP contribution in [0.15, 0.2) is 18.2 Å². The number of halogens is 3. The summed E-state index contributed by atoms with van der Waals surface area (Å²) in [5, 5.41) is 2.83. The smallest absolute Gasteiger partial charge is 0.380 e. The summed E-state index contributed by atoms with van der Waals surface area (Å²) in [4.78, 5) is 16.7. The van der Waals surface area contributed by atoms with E-state index in [2.05, 4.69) is 10.3 Å². The number of aryl methyl sites for hydroxylation is 1. The number of aromatic nitrogens is 2. The van der Waals surface area contributed by atoms with Crippen LogP contribution in [0.1, 0.15) is 30.7 Å². The van der Waals surface area contributed by atoms with Crippen molar-refractivity contribution in [2.45, 2.75) is 44.1 Å². The lowest BCUT2D eigenvalue weighted by Gasteiger charge is -2.32. The molecule has 1 aromatic heterocycles. The van der Waals surface area contributed by atoms with Gasteiger partial charge in [0.25, 0.3) is 0 Å². The summed E-state index contributed by atoms with van der Waals surface area (Å²) in [6, 6.07) is 3.26. The number of ether oxygens (including phenoxy) is 1. The minimum absolute atomic E-state index is 0.0308. The summed E-state index contributed by atoms with van der Waals surface area (Å²) in [7, 11) is 3.32. The molecule has 1 saturated carbocycles. The lowest BCUT2D eigenvalue weighted by molar-refractivity contribution is -0.137. The average Bonchev–Trinajstić information content (AvgIpc) is 2.94. The Balaban J connectivity index is 1.68. The fourth-order valence-corrected chi connectivity index (χ4v) is 3.60. The predicted molar refractivity (Wildman–Crippen MR) is 93.7 cm³/mol. The summed E-state index contributed by atoms with van der Waals surface area (Å²) in [6.07, 6.45) is -2.49. The number of hydrogen-bond donors (Lipinski definition) is 2. The molecular weight excluding hydrogens is 361 g/mol. The number of nitrogens with one attached hydrogen (secondary N) is 1. The second-order valence-electron chi connectivity index (χ2n) is 6.95. The number of rotatable bonds is 4. The Labute approximate surface area is 154 Å². The van der Waals surface area contributed by atoms with Crippen molar-refractivity contribution in [2.75, 3.05) is 7.11 Å². The molecule has 0 spiro atoms. The maximum absolute atomic E-state index is 12.9. The van der Waals surface area contributed by atoms with Crippen molar-refractivity contribution >= 4 is 16.9 Å². The van der Waals surface area contributed by atoms with E-state index in [0.29, 0.717) is 24.2 Å². The van der Waals surface area contributed by atoms with Crippen molar-refractivity contribution in [1.29, 1.82) is 0 Å². The highest BCUT2D eigenvalue weighted by Crippen LogP contribution is 2.31. The predicted octanol–water partition coefficient (Wildman–Crippen LogP) is 2.35. The maximum atomic E-state index is 12.9. The number of amides is 1. The quantitative estimate of drug-likeness (QED) is 0.848. The Morgan fingerprint density at radius 3 is 2.78 bits per heavy atom. The van der Waals surface area contributed by atoms with Crippen LogP contribution in [0.3, 0.4) is 0 Å². The molecule has 1 aromatic carbocycles. The van der Waals surface area contributed by atoms with Crippen LogP contribution < -0.4 is 11.1 Å². The second kappa shape index (κ2) is 7.47. The van der Waals surface area contributed by atoms with Crippen molar-refractivity contribution in [2.24, 2.45) is 18.7 Å². The zero-order valence-electron chi connectivity index (χ0n) is 15.2. The molecule has 9 heteroatoms. The Kier molecular flexibility index (Phi) is 5.43. The zero-order chi connectivity index (χ0) is 19.8. The van der Waals surface area contributed by atoms with E-state index < -0.39 is 11.7 Å². The van der Waals surface area contributed by atoms with Gasteiger partial charge in [0.2, 0.25) is 5.91 Å². The van der Waals surface area contributed by atoms with Gasteiger partial charge in [0.05, 0.1) is 29.2 Å². The molecule has 3 atom stereocenters. The highest BCUT2D eigenvalue weighted by molar-refractivity contribution is 5.79. The summed E-state index contributed by atoms with van der Waals surface area (Å²) in [6.45, 7) is 0.144. The minimum atomic E-state index is -4.42. The lowest BCUT2D eigenvalue weighted by Crippen LogP contribution is -2.45. The lowest BCUT2D eigenvalue weighted by atomic mass is 9.83. The molecule has 0 unspecified atom stereocenters. The first-order chi connectivity index (χ1) is 12.7. The largest absolute Gasteiger partial charge is 0.416 e. The van der Waals surface area contributed by atoms with E-state index in [9.17, 15) is 18.0 Å². The number of nitrogens with zero attached hydrogens (tertiary/aromatic N) is 2. The van der Waals surface area contributed by atoms with Crippen LogP contribution in [0.2, 0.25) is 0 Å². The van der Waals surface area contributed by atoms with Gasteiger partial charge < -0.3 is 20.4 Å². The van der Waals surface area contributed by atoms with Crippen LogP contribution >= 0.6 is 0 Å². The summed E-state index contributed by atoms with van der Waals surface area (Å²) >= 11 is 0. The first kappa shape index (κ1) is 19.6. The Bertz CT molecular complexity index is 834. The van der Waals surface area contributed by atoms with Crippen molar-refractivity contribution in [3.05, 3.63) is 29.6 Å². The number of nitrogens with two attached hydrogens (primary N) is 1. The van der Waals surface area contributed by atoms with Crippen LogP contribution in [-0.2, 0) is 29.3 Å². The van der Waals surface area contributed by atoms with Crippen LogP contribution in [0, 0.1) is 5.92 Å². The van der Waals surface area contributed by atoms with Crippen LogP contribution in [0.25, 0.3) is 11.0 Å². The molecule has 1 aliphatic rings. The molecule has 0 aliphatic heterocycles. The second-order valence-corrected chi connectivity index (χ2v) is 6.95. The van der Waals surface area contributed by atoms with Gasteiger partial charge in [-0.15, -0.1) is 0 Å². The number of carbonyl (C=O) groups excluding carboxylic acids is 1. The third-order valence-corrected chi connectivity index (χ3v) is 5.23. The molecule has 27 heavy (non-hydrogen) atoms. The molecule has 2 aromatic rings. The van der Waals surface area contributed by atoms with Crippen molar-refractivity contribution in [1.82, 2.24) is 14.9 Å². The van der Waals surface area contributed by atoms with Gasteiger partial charge in [-0.3, -0.25) is 4.79 Å². The number of benzene rings is 1. The molecule has 148 valence electrons. The summed E-state index contributed by atoms with van der Waals surface area (Å²) in [5.41, 5.74) is 6.12. The topological polar surface area (TPSA) is 82.2 Å². The van der Waals surface area contributed by atoms with E-state index in [1.165, 1.54) is 6.07 Å². The Hall–Kier alpha value is -2.13. The van der Waals surface area contributed by atoms with Crippen molar-refractivity contribution in [3.63, 3.8) is 0 Å². The monoisotopic (exact) mass is 384 g/mol. The van der Waals surface area contributed by atoms with Gasteiger partial charge in [-0.25, -0.2) is 4.98 Å². The highest BCUT2D eigenvalue weighted by Gasteiger charge is 2.32. The maximum Gasteiger partial charge on any atom is 0.416 e. The van der Waals surface area contributed by atoms with Crippen LogP contribution in [0.5, 0.6) is 0 Å². The Morgan fingerprint density at radius 2 is 2.15 bits per heavy atom. The SMILES string of the molecule is CO[C@@H]1CC[C@H](C(=O)NCc2nc3cc(C(F)(F)F)ccc3n2C)C[C@H]1N. The van der Waals surface area contributed by atoms with Gasteiger partial charge in [0, 0.05) is 26.1 Å². The zero-order valence-corrected chi connectivity index (χ0v) is 15.2. The fourth-order valence-electron chi connectivity index (χ4n) is 3.60. The molecule has 0 saturated heterocycles. The molecule has 1 amide bonds. The molecule has 6 nitrogen and oxygen atoms in total. The van der Waals surface area contributed by atoms with Gasteiger partial charge >= 0.3 is 6.18 Å². The fraction of sp³-hybridized carbons (Fsp3) is 0.556. The van der Waals surface area contributed by atoms with E-state index >= 15 is 0 Å². The molecule has 3 rings (SSSR count). The van der Waals surface area contributed by atoms with Gasteiger partial charge in [-0.05, 0) is 37.5 Å². The highest BCUT2D eigenvalue weighted by atomic mass is 19.4. The first-order valence-electron chi connectivity index (χ1n) is 8.79. The summed E-state index contributed by atoms with van der Waals surface area (Å²) in [5.74, 6) is 0.175. The summed E-state index contributed by atoms with van der Waals surface area (Å²) < 4.78 is 45.5. The molecule has 1 heterocycles. The number of fused-ring (bicyclic) bond motifs is 1. The molecule has 0 bridgehead atoms. The van der Waals surface area contributed by atoms with Gasteiger partial charge in [0.15, 0.2) is 0 Å². The number of imidazole rings is 1. The van der Waals surface area contributed by atoms with Gasteiger partial charge in [0.1, 0.15) is 5.82 Å². The Morgan fingerprint density at radius 1 is 1.41 bits per heavy atom. The van der Waals surface area contributed by atoms with E-state index in [1.54, 1.807) is 18.7 Å². The van der Waals surface area contributed by atoms with E-state index in [4.69, 9.17) is 10.5 Å². The number of carbonyl (C=O) groups is 1. The van der Waals surface area contributed by atoms with Crippen LogP contribution in [0.4, 0.5) is 13.2 Å². The standard InChI is InChI=1S/C18H23F3N4O2/c1-25-14-5-4-11(18(19,20)21)8-13(14)24-16(25)9-23-17(26)10-3-6-15(27-2)12(22)7-10/h4-5,8,10,12,15H,3,6-7,9,22H2,1-2H3,(H,23,26)/t10-,12+,15+/m0/s1. The minimum Gasteiger partial charge on any atom is -0.380 e. The van der Waals surface area contributed by atoms with Gasteiger partial charge in [-0.2, -0.15) is 13.2 Å². The number of hydrogen-bond acceptors (Lipinski definition) is 4. The van der Waals surface area contributed by atoms with Crippen LogP contribution in [-0.4, -0.2) is 34.7 Å². The number of methoxy groups -OCH3 is 1. The number of alkyl halides is 3. The van der Waals surface area contributed by atoms with E-state index in [-0.39, 0.29) is 36.0 Å². The first-order valence-corrected chi connectivity index (χ1v) is 8.79. The molecule has 0 radical (unpaired) electrons. The van der Waals surface area contributed by atoms with Gasteiger partial charge in [-0.1, -0.05) is 0 Å². The third-order valence-electron chi connectivity index (χ3n) is 5.23. The molecule has 1 aliphatic carbocycles. The molecule has 1 fully saturated rings. The van der Waals surface area contributed by atoms with Crippen molar-refractivity contribution < 1.29 is 22.7 Å². The third kappa shape index (κ3) is 4.08. The average molecular weight is 384 g/mol. The molecule has 3 N–H and O–H groups in total. The van der Waals surface area contributed by atoms with Crippen molar-refractivity contribution in [3.8, 4) is 0 Å². The normalized spacial score (nSPS) is 23.6. The van der Waals surface area contributed by atoms with E-state index in [1.807, 2.05) is 0 Å². The molecular formula is C18H23F3N4O2.